The van der Waals surface area contributed by atoms with Gasteiger partial charge in [-0.05, 0) is 24.8 Å². The first-order chi connectivity index (χ1) is 8.38. The molecule has 0 radical (unpaired) electrons. The van der Waals surface area contributed by atoms with Crippen LogP contribution in [0, 0.1) is 12.8 Å². The number of halogens is 1. The van der Waals surface area contributed by atoms with E-state index in [1.54, 1.807) is 4.90 Å². The van der Waals surface area contributed by atoms with Gasteiger partial charge in [0.1, 0.15) is 4.88 Å². The van der Waals surface area contributed by atoms with Gasteiger partial charge in [-0.15, -0.1) is 11.3 Å². The van der Waals surface area contributed by atoms with Crippen molar-refractivity contribution in [3.05, 3.63) is 20.8 Å². The second-order valence-electron chi connectivity index (χ2n) is 4.21. The molecule has 1 aromatic rings. The Morgan fingerprint density at radius 1 is 1.67 bits per heavy atom. The molecule has 3 nitrogen and oxygen atoms in total. The molecular weight excluding hydrogens is 288 g/mol. The normalized spacial score (nSPS) is 12.2. The van der Waals surface area contributed by atoms with Crippen molar-refractivity contribution in [2.75, 3.05) is 13.1 Å². The van der Waals surface area contributed by atoms with E-state index in [2.05, 4.69) is 0 Å². The molecule has 1 amide bonds. The molecule has 1 atom stereocenters. The number of hydrogen-bond acceptors (Lipinski definition) is 3. The van der Waals surface area contributed by atoms with Crippen molar-refractivity contribution >= 4 is 46.1 Å². The van der Waals surface area contributed by atoms with Gasteiger partial charge in [0.15, 0.2) is 0 Å². The van der Waals surface area contributed by atoms with Gasteiger partial charge in [0.2, 0.25) is 0 Å². The Morgan fingerprint density at radius 3 is 2.67 bits per heavy atom. The van der Waals surface area contributed by atoms with Crippen molar-refractivity contribution in [2.45, 2.75) is 20.8 Å². The summed E-state index contributed by atoms with van der Waals surface area (Å²) in [5, 5.41) is 2.44. The van der Waals surface area contributed by atoms with E-state index < -0.39 is 0 Å². The predicted octanol–water partition coefficient (Wildman–Crippen LogP) is 3.09. The molecule has 0 saturated carbocycles. The summed E-state index contributed by atoms with van der Waals surface area (Å²) in [5.74, 6) is -0.0487. The number of hydrogen-bond donors (Lipinski definition) is 1. The van der Waals surface area contributed by atoms with E-state index in [1.807, 2.05) is 26.2 Å². The SMILES string of the molecule is CCN(CC(C)C(N)=S)C(=O)c1scc(C)c1Cl. The van der Waals surface area contributed by atoms with Crippen LogP contribution >= 0.6 is 35.2 Å². The zero-order valence-corrected chi connectivity index (χ0v) is 13.1. The van der Waals surface area contributed by atoms with Gasteiger partial charge < -0.3 is 10.6 Å². The summed E-state index contributed by atoms with van der Waals surface area (Å²) in [5.41, 5.74) is 6.52. The van der Waals surface area contributed by atoms with E-state index in [0.29, 0.717) is 28.0 Å². The molecule has 0 aromatic carbocycles. The summed E-state index contributed by atoms with van der Waals surface area (Å²) in [6.45, 7) is 6.87. The molecule has 0 aliphatic rings. The third-order valence-electron chi connectivity index (χ3n) is 2.74. The monoisotopic (exact) mass is 304 g/mol. The molecule has 1 aromatic heterocycles. The fourth-order valence-electron chi connectivity index (χ4n) is 1.49. The minimum atomic E-state index is -0.0521. The predicted molar refractivity (Wildman–Crippen MR) is 81.6 cm³/mol. The quantitative estimate of drug-likeness (QED) is 0.850. The molecule has 0 spiro atoms. The van der Waals surface area contributed by atoms with Gasteiger partial charge in [-0.25, -0.2) is 0 Å². The smallest absolute Gasteiger partial charge is 0.265 e. The number of carbonyl (C=O) groups is 1. The number of carbonyl (C=O) groups excluding carboxylic acids is 1. The van der Waals surface area contributed by atoms with Crippen LogP contribution in [0.15, 0.2) is 5.38 Å². The Morgan fingerprint density at radius 2 is 2.28 bits per heavy atom. The highest BCUT2D eigenvalue weighted by atomic mass is 35.5. The number of amides is 1. The minimum Gasteiger partial charge on any atom is -0.393 e. The molecule has 6 heteroatoms. The topological polar surface area (TPSA) is 46.3 Å². The van der Waals surface area contributed by atoms with Gasteiger partial charge in [0, 0.05) is 19.0 Å². The molecule has 2 N–H and O–H groups in total. The summed E-state index contributed by atoms with van der Waals surface area (Å²) in [7, 11) is 0. The van der Waals surface area contributed by atoms with Gasteiger partial charge in [0.05, 0.1) is 10.0 Å². The highest BCUT2D eigenvalue weighted by Gasteiger charge is 2.22. The molecule has 1 unspecified atom stereocenters. The third-order valence-corrected chi connectivity index (χ3v) is 4.83. The lowest BCUT2D eigenvalue weighted by atomic mass is 10.1. The highest BCUT2D eigenvalue weighted by Crippen LogP contribution is 2.28. The summed E-state index contributed by atoms with van der Waals surface area (Å²) >= 11 is 12.4. The number of rotatable bonds is 5. The lowest BCUT2D eigenvalue weighted by Gasteiger charge is -2.23. The van der Waals surface area contributed by atoms with Crippen LogP contribution in [0.5, 0.6) is 0 Å². The van der Waals surface area contributed by atoms with Crippen LogP contribution in [0.2, 0.25) is 5.02 Å². The molecule has 0 aliphatic heterocycles. The summed E-state index contributed by atoms with van der Waals surface area (Å²) < 4.78 is 0. The van der Waals surface area contributed by atoms with Crippen molar-refractivity contribution in [1.29, 1.82) is 0 Å². The number of thiophene rings is 1. The van der Waals surface area contributed by atoms with Crippen LogP contribution in [-0.2, 0) is 0 Å². The zero-order chi connectivity index (χ0) is 13.9. The van der Waals surface area contributed by atoms with E-state index in [1.165, 1.54) is 11.3 Å². The molecule has 0 aliphatic carbocycles. The van der Waals surface area contributed by atoms with Gasteiger partial charge in [-0.1, -0.05) is 30.7 Å². The van der Waals surface area contributed by atoms with Gasteiger partial charge in [-0.3, -0.25) is 4.79 Å². The lowest BCUT2D eigenvalue weighted by molar-refractivity contribution is 0.0760. The van der Waals surface area contributed by atoms with Crippen molar-refractivity contribution in [1.82, 2.24) is 4.90 Å². The molecule has 18 heavy (non-hydrogen) atoms. The average molecular weight is 305 g/mol. The van der Waals surface area contributed by atoms with E-state index in [-0.39, 0.29) is 11.8 Å². The Kier molecular flexibility index (Phi) is 5.56. The Labute approximate surface area is 122 Å². The summed E-state index contributed by atoms with van der Waals surface area (Å²) in [6.07, 6.45) is 0. The average Bonchev–Trinajstić information content (AvgIpc) is 2.65. The van der Waals surface area contributed by atoms with Gasteiger partial charge >= 0.3 is 0 Å². The van der Waals surface area contributed by atoms with Crippen molar-refractivity contribution in [2.24, 2.45) is 11.7 Å². The molecule has 1 heterocycles. The van der Waals surface area contributed by atoms with Gasteiger partial charge in [-0.2, -0.15) is 0 Å². The first-order valence-electron chi connectivity index (χ1n) is 5.70. The highest BCUT2D eigenvalue weighted by molar-refractivity contribution is 7.80. The Hall–Kier alpha value is -0.650. The Bertz CT molecular complexity index is 459. The maximum absolute atomic E-state index is 12.3. The number of nitrogens with two attached hydrogens (primary N) is 1. The van der Waals surface area contributed by atoms with Crippen LogP contribution in [-0.4, -0.2) is 28.9 Å². The molecular formula is C12H17ClN2OS2. The first-order valence-corrected chi connectivity index (χ1v) is 7.37. The number of aryl methyl sites for hydroxylation is 1. The van der Waals surface area contributed by atoms with E-state index >= 15 is 0 Å². The van der Waals surface area contributed by atoms with E-state index in [9.17, 15) is 4.79 Å². The van der Waals surface area contributed by atoms with Crippen molar-refractivity contribution < 1.29 is 4.79 Å². The Balaban J connectivity index is 2.86. The molecule has 100 valence electrons. The molecule has 0 fully saturated rings. The van der Waals surface area contributed by atoms with Crippen molar-refractivity contribution in [3.8, 4) is 0 Å². The fourth-order valence-corrected chi connectivity index (χ4v) is 2.81. The lowest BCUT2D eigenvalue weighted by Crippen LogP contribution is -2.37. The van der Waals surface area contributed by atoms with Crippen LogP contribution in [0.25, 0.3) is 0 Å². The fraction of sp³-hybridized carbons (Fsp3) is 0.500. The van der Waals surface area contributed by atoms with Crippen LogP contribution in [0.3, 0.4) is 0 Å². The zero-order valence-electron chi connectivity index (χ0n) is 10.7. The van der Waals surface area contributed by atoms with Crippen LogP contribution < -0.4 is 5.73 Å². The first kappa shape index (κ1) is 15.4. The van der Waals surface area contributed by atoms with E-state index in [0.717, 1.165) is 5.56 Å². The maximum atomic E-state index is 12.3. The van der Waals surface area contributed by atoms with E-state index in [4.69, 9.17) is 29.6 Å². The van der Waals surface area contributed by atoms with Gasteiger partial charge in [0.25, 0.3) is 5.91 Å². The van der Waals surface area contributed by atoms with Crippen LogP contribution in [0.1, 0.15) is 29.1 Å². The standard InChI is InChI=1S/C12H17ClN2OS2/c1-4-15(5-7(2)11(14)17)12(16)10-9(13)8(3)6-18-10/h6-7H,4-5H2,1-3H3,(H2,14,17). The second kappa shape index (κ2) is 6.50. The number of thiocarbonyl (C=S) groups is 1. The van der Waals surface area contributed by atoms with Crippen molar-refractivity contribution in [3.63, 3.8) is 0 Å². The molecule has 1 rings (SSSR count). The second-order valence-corrected chi connectivity index (χ2v) is 5.94. The molecule has 0 saturated heterocycles. The summed E-state index contributed by atoms with van der Waals surface area (Å²) in [4.78, 5) is 15.1. The third kappa shape index (κ3) is 3.43. The summed E-state index contributed by atoms with van der Waals surface area (Å²) in [6, 6.07) is 0. The minimum absolute atomic E-state index is 0.00346. The number of nitrogens with zero attached hydrogens (tertiary/aromatic N) is 1. The maximum Gasteiger partial charge on any atom is 0.265 e. The molecule has 0 bridgehead atoms. The van der Waals surface area contributed by atoms with Crippen LogP contribution in [0.4, 0.5) is 0 Å². The largest absolute Gasteiger partial charge is 0.393 e.